The van der Waals surface area contributed by atoms with Crippen LogP contribution in [0.1, 0.15) is 44.9 Å². The van der Waals surface area contributed by atoms with Gasteiger partial charge in [0.25, 0.3) is 0 Å². The van der Waals surface area contributed by atoms with E-state index in [2.05, 4.69) is 10.2 Å². The molecule has 0 aromatic rings. The normalized spacial score (nSPS) is 30.8. The van der Waals surface area contributed by atoms with Crippen molar-refractivity contribution >= 4 is 5.91 Å². The van der Waals surface area contributed by atoms with Gasteiger partial charge in [-0.2, -0.15) is 0 Å². The van der Waals surface area contributed by atoms with Crippen LogP contribution >= 0.6 is 0 Å². The largest absolute Gasteiger partial charge is 0.339 e. The zero-order chi connectivity index (χ0) is 11.7. The molecule has 3 fully saturated rings. The Morgan fingerprint density at radius 2 is 1.88 bits per heavy atom. The lowest BCUT2D eigenvalue weighted by Crippen LogP contribution is -2.47. The van der Waals surface area contributed by atoms with E-state index >= 15 is 0 Å². The summed E-state index contributed by atoms with van der Waals surface area (Å²) < 4.78 is 0. The molecule has 1 atom stereocenters. The van der Waals surface area contributed by atoms with Gasteiger partial charge in [0.2, 0.25) is 5.91 Å². The number of carbonyl (C=O) groups excluding carboxylic acids is 1. The van der Waals surface area contributed by atoms with Crippen LogP contribution in [-0.2, 0) is 4.79 Å². The lowest BCUT2D eigenvalue weighted by molar-refractivity contribution is -0.134. The van der Waals surface area contributed by atoms with Gasteiger partial charge in [-0.15, -0.1) is 0 Å². The van der Waals surface area contributed by atoms with Gasteiger partial charge in [0.05, 0.1) is 0 Å². The van der Waals surface area contributed by atoms with Gasteiger partial charge < -0.3 is 10.2 Å². The second-order valence-corrected chi connectivity index (χ2v) is 6.07. The molecule has 2 aliphatic heterocycles. The SMILES string of the molecule is O=C(CC1CNC1)N1CCCC1C1CCCC1. The maximum absolute atomic E-state index is 12.3. The zero-order valence-electron chi connectivity index (χ0n) is 10.7. The lowest BCUT2D eigenvalue weighted by atomic mass is 9.94. The van der Waals surface area contributed by atoms with E-state index < -0.39 is 0 Å². The summed E-state index contributed by atoms with van der Waals surface area (Å²) in [5, 5.41) is 3.25. The van der Waals surface area contributed by atoms with Crippen LogP contribution in [0.3, 0.4) is 0 Å². The molecule has 0 aromatic carbocycles. The quantitative estimate of drug-likeness (QED) is 0.810. The molecule has 1 aliphatic carbocycles. The molecule has 3 nitrogen and oxygen atoms in total. The Hall–Kier alpha value is -0.570. The number of nitrogens with one attached hydrogen (secondary N) is 1. The number of rotatable bonds is 3. The number of amides is 1. The van der Waals surface area contributed by atoms with Crippen molar-refractivity contribution in [3.8, 4) is 0 Å². The standard InChI is InChI=1S/C14H24N2O/c17-14(8-11-9-15-10-11)16-7-3-6-13(16)12-4-1-2-5-12/h11-13,15H,1-10H2. The highest BCUT2D eigenvalue weighted by molar-refractivity contribution is 5.77. The van der Waals surface area contributed by atoms with Crippen LogP contribution in [0.5, 0.6) is 0 Å². The third-order valence-corrected chi connectivity index (χ3v) is 4.89. The Morgan fingerprint density at radius 1 is 1.12 bits per heavy atom. The fraction of sp³-hybridized carbons (Fsp3) is 0.929. The molecule has 0 aromatic heterocycles. The monoisotopic (exact) mass is 236 g/mol. The van der Waals surface area contributed by atoms with Crippen molar-refractivity contribution in [2.45, 2.75) is 51.0 Å². The summed E-state index contributed by atoms with van der Waals surface area (Å²) in [5.41, 5.74) is 0. The van der Waals surface area contributed by atoms with Crippen LogP contribution in [0.15, 0.2) is 0 Å². The lowest BCUT2D eigenvalue weighted by Gasteiger charge is -2.33. The molecule has 2 saturated heterocycles. The minimum absolute atomic E-state index is 0.436. The topological polar surface area (TPSA) is 32.3 Å². The maximum atomic E-state index is 12.3. The van der Waals surface area contributed by atoms with Crippen molar-refractivity contribution in [1.82, 2.24) is 10.2 Å². The van der Waals surface area contributed by atoms with Crippen molar-refractivity contribution in [2.24, 2.45) is 11.8 Å². The van der Waals surface area contributed by atoms with Crippen LogP contribution in [0.25, 0.3) is 0 Å². The fourth-order valence-electron chi connectivity index (χ4n) is 3.79. The Kier molecular flexibility index (Phi) is 3.37. The van der Waals surface area contributed by atoms with Crippen molar-refractivity contribution in [1.29, 1.82) is 0 Å². The van der Waals surface area contributed by atoms with Crippen LogP contribution in [0.2, 0.25) is 0 Å². The van der Waals surface area contributed by atoms with E-state index in [1.165, 1.54) is 38.5 Å². The van der Waals surface area contributed by atoms with E-state index in [0.717, 1.165) is 32.0 Å². The smallest absolute Gasteiger partial charge is 0.223 e. The van der Waals surface area contributed by atoms with Crippen LogP contribution < -0.4 is 5.32 Å². The Bertz CT molecular complexity index is 282. The van der Waals surface area contributed by atoms with Gasteiger partial charge in [-0.1, -0.05) is 12.8 Å². The van der Waals surface area contributed by atoms with Crippen molar-refractivity contribution in [2.75, 3.05) is 19.6 Å². The number of hydrogen-bond donors (Lipinski definition) is 1. The number of nitrogens with zero attached hydrogens (tertiary/aromatic N) is 1. The third kappa shape index (κ3) is 2.35. The van der Waals surface area contributed by atoms with E-state index in [9.17, 15) is 4.79 Å². The second kappa shape index (κ2) is 4.97. The molecule has 1 saturated carbocycles. The third-order valence-electron chi connectivity index (χ3n) is 4.89. The summed E-state index contributed by atoms with van der Waals surface area (Å²) in [4.78, 5) is 14.5. The molecule has 0 bridgehead atoms. The number of carbonyl (C=O) groups is 1. The highest BCUT2D eigenvalue weighted by atomic mass is 16.2. The van der Waals surface area contributed by atoms with E-state index in [0.29, 0.717) is 17.9 Å². The number of hydrogen-bond acceptors (Lipinski definition) is 2. The second-order valence-electron chi connectivity index (χ2n) is 6.07. The molecule has 3 aliphatic rings. The summed E-state index contributed by atoms with van der Waals surface area (Å²) >= 11 is 0. The first-order valence-electron chi connectivity index (χ1n) is 7.35. The summed E-state index contributed by atoms with van der Waals surface area (Å²) in [6.45, 7) is 3.13. The number of likely N-dealkylation sites (tertiary alicyclic amines) is 1. The van der Waals surface area contributed by atoms with E-state index in [-0.39, 0.29) is 0 Å². The summed E-state index contributed by atoms with van der Waals surface area (Å²) in [6, 6.07) is 0.595. The van der Waals surface area contributed by atoms with E-state index in [4.69, 9.17) is 0 Å². The molecular weight excluding hydrogens is 212 g/mol. The van der Waals surface area contributed by atoms with Gasteiger partial charge >= 0.3 is 0 Å². The van der Waals surface area contributed by atoms with E-state index in [1.54, 1.807) is 0 Å². The zero-order valence-corrected chi connectivity index (χ0v) is 10.7. The van der Waals surface area contributed by atoms with Gasteiger partial charge in [0, 0.05) is 19.0 Å². The molecule has 0 radical (unpaired) electrons. The van der Waals surface area contributed by atoms with Crippen molar-refractivity contribution in [3.05, 3.63) is 0 Å². The minimum Gasteiger partial charge on any atom is -0.339 e. The van der Waals surface area contributed by atoms with Crippen LogP contribution in [0.4, 0.5) is 0 Å². The van der Waals surface area contributed by atoms with Gasteiger partial charge in [0.15, 0.2) is 0 Å². The molecule has 1 amide bonds. The van der Waals surface area contributed by atoms with Gasteiger partial charge in [-0.05, 0) is 50.6 Å². The fourth-order valence-corrected chi connectivity index (χ4v) is 3.79. The molecule has 17 heavy (non-hydrogen) atoms. The molecular formula is C14H24N2O. The Morgan fingerprint density at radius 3 is 2.53 bits per heavy atom. The molecule has 1 unspecified atom stereocenters. The minimum atomic E-state index is 0.436. The predicted octanol–water partition coefficient (Wildman–Crippen LogP) is 1.78. The predicted molar refractivity (Wildman–Crippen MR) is 67.7 cm³/mol. The molecule has 3 heteroatoms. The van der Waals surface area contributed by atoms with E-state index in [1.807, 2.05) is 0 Å². The average molecular weight is 236 g/mol. The highest BCUT2D eigenvalue weighted by Crippen LogP contribution is 2.35. The molecule has 0 spiro atoms. The molecule has 2 heterocycles. The first-order chi connectivity index (χ1) is 8.34. The Balaban J connectivity index is 1.57. The van der Waals surface area contributed by atoms with Crippen molar-refractivity contribution in [3.63, 3.8) is 0 Å². The first kappa shape index (κ1) is 11.5. The highest BCUT2D eigenvalue weighted by Gasteiger charge is 2.36. The van der Waals surface area contributed by atoms with Gasteiger partial charge in [0.1, 0.15) is 0 Å². The summed E-state index contributed by atoms with van der Waals surface area (Å²) in [7, 11) is 0. The average Bonchev–Trinajstić information content (AvgIpc) is 2.91. The molecule has 96 valence electrons. The van der Waals surface area contributed by atoms with Gasteiger partial charge in [-0.3, -0.25) is 4.79 Å². The van der Waals surface area contributed by atoms with Gasteiger partial charge in [-0.25, -0.2) is 0 Å². The maximum Gasteiger partial charge on any atom is 0.223 e. The summed E-state index contributed by atoms with van der Waals surface area (Å²) in [5.74, 6) is 1.87. The summed E-state index contributed by atoms with van der Waals surface area (Å²) in [6.07, 6.45) is 8.77. The molecule has 1 N–H and O–H groups in total. The Labute approximate surface area is 104 Å². The van der Waals surface area contributed by atoms with Crippen LogP contribution in [0, 0.1) is 11.8 Å². The van der Waals surface area contributed by atoms with Crippen LogP contribution in [-0.4, -0.2) is 36.5 Å². The first-order valence-corrected chi connectivity index (χ1v) is 7.35. The van der Waals surface area contributed by atoms with Crippen molar-refractivity contribution < 1.29 is 4.79 Å². The molecule has 3 rings (SSSR count).